The molecule has 4 rings (SSSR count). The summed E-state index contributed by atoms with van der Waals surface area (Å²) in [4.78, 5) is 0. The standard InChI is InChI=1S/C15H9N3/c1-2-4-11-10(3-1)5-6-13-12(11)7-8-15-14(13)9-16-18-17-15/h1-9H. The van der Waals surface area contributed by atoms with E-state index in [-0.39, 0.29) is 0 Å². The molecule has 84 valence electrons. The lowest BCUT2D eigenvalue weighted by Crippen LogP contribution is -1.88. The van der Waals surface area contributed by atoms with E-state index in [0.717, 1.165) is 10.9 Å². The summed E-state index contributed by atoms with van der Waals surface area (Å²) in [5, 5.41) is 17.6. The van der Waals surface area contributed by atoms with Gasteiger partial charge >= 0.3 is 0 Å². The number of hydrogen-bond donors (Lipinski definition) is 0. The molecule has 0 amide bonds. The summed E-state index contributed by atoms with van der Waals surface area (Å²) in [6.07, 6.45) is 1.78. The number of hydrogen-bond acceptors (Lipinski definition) is 3. The lowest BCUT2D eigenvalue weighted by molar-refractivity contribution is 0.896. The summed E-state index contributed by atoms with van der Waals surface area (Å²) in [5.41, 5.74) is 0.882. The van der Waals surface area contributed by atoms with Crippen LogP contribution < -0.4 is 0 Å². The third kappa shape index (κ3) is 1.21. The van der Waals surface area contributed by atoms with Gasteiger partial charge in [-0.2, -0.15) is 0 Å². The molecule has 0 radical (unpaired) electrons. The van der Waals surface area contributed by atoms with Crippen molar-refractivity contribution in [3.63, 3.8) is 0 Å². The molecular weight excluding hydrogens is 222 g/mol. The highest BCUT2D eigenvalue weighted by atomic mass is 15.3. The SMILES string of the molecule is c1ccc2c(c1)ccc1c3cnnnc3ccc21. The predicted octanol–water partition coefficient (Wildman–Crippen LogP) is 3.33. The Kier molecular flexibility index (Phi) is 1.83. The molecule has 0 spiro atoms. The van der Waals surface area contributed by atoms with Crippen LogP contribution in [0.3, 0.4) is 0 Å². The van der Waals surface area contributed by atoms with Gasteiger partial charge in [-0.15, -0.1) is 10.2 Å². The molecule has 3 heteroatoms. The van der Waals surface area contributed by atoms with E-state index in [2.05, 4.69) is 57.9 Å². The van der Waals surface area contributed by atoms with Crippen molar-refractivity contribution in [2.75, 3.05) is 0 Å². The molecule has 4 aromatic rings. The molecule has 18 heavy (non-hydrogen) atoms. The van der Waals surface area contributed by atoms with E-state index >= 15 is 0 Å². The smallest absolute Gasteiger partial charge is 0.0969 e. The molecule has 0 fully saturated rings. The van der Waals surface area contributed by atoms with Crippen LogP contribution in [0.4, 0.5) is 0 Å². The second-order valence-electron chi connectivity index (χ2n) is 4.31. The van der Waals surface area contributed by atoms with E-state index < -0.39 is 0 Å². The Morgan fingerprint density at radius 2 is 1.50 bits per heavy atom. The Hall–Kier alpha value is -2.55. The maximum absolute atomic E-state index is 4.05. The molecule has 0 N–H and O–H groups in total. The van der Waals surface area contributed by atoms with Crippen molar-refractivity contribution >= 4 is 32.4 Å². The van der Waals surface area contributed by atoms with E-state index in [1.807, 2.05) is 6.07 Å². The summed E-state index contributed by atoms with van der Waals surface area (Å²) in [6.45, 7) is 0. The van der Waals surface area contributed by atoms with Crippen LogP contribution in [-0.2, 0) is 0 Å². The van der Waals surface area contributed by atoms with Crippen LogP contribution in [0.15, 0.2) is 54.7 Å². The Balaban J connectivity index is 2.31. The van der Waals surface area contributed by atoms with Crippen molar-refractivity contribution in [1.29, 1.82) is 0 Å². The van der Waals surface area contributed by atoms with Crippen molar-refractivity contribution in [3.05, 3.63) is 54.7 Å². The molecule has 0 aliphatic carbocycles. The van der Waals surface area contributed by atoms with Crippen LogP contribution in [-0.4, -0.2) is 15.4 Å². The third-order valence-electron chi connectivity index (χ3n) is 3.34. The van der Waals surface area contributed by atoms with Crippen molar-refractivity contribution in [2.24, 2.45) is 0 Å². The summed E-state index contributed by atoms with van der Waals surface area (Å²) >= 11 is 0. The first kappa shape index (κ1) is 9.48. The number of fused-ring (bicyclic) bond motifs is 5. The highest BCUT2D eigenvalue weighted by Crippen LogP contribution is 2.29. The topological polar surface area (TPSA) is 38.7 Å². The van der Waals surface area contributed by atoms with Crippen LogP contribution in [0.1, 0.15) is 0 Å². The van der Waals surface area contributed by atoms with Crippen LogP contribution in [0.2, 0.25) is 0 Å². The van der Waals surface area contributed by atoms with Gasteiger partial charge in [0.1, 0.15) is 0 Å². The fourth-order valence-corrected chi connectivity index (χ4v) is 2.48. The second-order valence-corrected chi connectivity index (χ2v) is 4.31. The summed E-state index contributed by atoms with van der Waals surface area (Å²) in [5.74, 6) is 0. The lowest BCUT2D eigenvalue weighted by Gasteiger charge is -2.05. The molecule has 1 heterocycles. The van der Waals surface area contributed by atoms with Gasteiger partial charge in [0.2, 0.25) is 0 Å². The molecule has 0 saturated heterocycles. The molecule has 0 aliphatic heterocycles. The molecule has 1 aromatic heterocycles. The van der Waals surface area contributed by atoms with Gasteiger partial charge in [-0.05, 0) is 32.8 Å². The minimum atomic E-state index is 0.882. The van der Waals surface area contributed by atoms with E-state index in [0.29, 0.717) is 0 Å². The summed E-state index contributed by atoms with van der Waals surface area (Å²) in [6, 6.07) is 16.8. The minimum Gasteiger partial charge on any atom is -0.138 e. The zero-order valence-corrected chi connectivity index (χ0v) is 9.54. The fourth-order valence-electron chi connectivity index (χ4n) is 2.48. The van der Waals surface area contributed by atoms with Gasteiger partial charge < -0.3 is 0 Å². The predicted molar refractivity (Wildman–Crippen MR) is 72.3 cm³/mol. The number of rotatable bonds is 0. The third-order valence-corrected chi connectivity index (χ3v) is 3.34. The Morgan fingerprint density at radius 1 is 0.667 bits per heavy atom. The minimum absolute atomic E-state index is 0.882. The van der Waals surface area contributed by atoms with Gasteiger partial charge in [0, 0.05) is 5.39 Å². The molecule has 0 unspecified atom stereocenters. The maximum atomic E-state index is 4.05. The quantitative estimate of drug-likeness (QED) is 0.436. The molecular formula is C15H9N3. The number of aromatic nitrogens is 3. The monoisotopic (exact) mass is 231 g/mol. The van der Waals surface area contributed by atoms with Crippen molar-refractivity contribution < 1.29 is 0 Å². The van der Waals surface area contributed by atoms with Crippen molar-refractivity contribution in [2.45, 2.75) is 0 Å². The van der Waals surface area contributed by atoms with Crippen LogP contribution in [0, 0.1) is 0 Å². The Morgan fingerprint density at radius 3 is 2.50 bits per heavy atom. The number of benzene rings is 3. The molecule has 0 atom stereocenters. The second kappa shape index (κ2) is 3.47. The zero-order valence-electron chi connectivity index (χ0n) is 9.54. The molecule has 3 aromatic carbocycles. The largest absolute Gasteiger partial charge is 0.138 e. The van der Waals surface area contributed by atoms with Crippen LogP contribution in [0.25, 0.3) is 32.4 Å². The van der Waals surface area contributed by atoms with Gasteiger partial charge in [-0.3, -0.25) is 0 Å². The number of nitrogens with zero attached hydrogens (tertiary/aromatic N) is 3. The van der Waals surface area contributed by atoms with Gasteiger partial charge in [0.05, 0.1) is 11.7 Å². The van der Waals surface area contributed by atoms with E-state index in [1.54, 1.807) is 6.20 Å². The van der Waals surface area contributed by atoms with Crippen LogP contribution in [0.5, 0.6) is 0 Å². The van der Waals surface area contributed by atoms with Crippen molar-refractivity contribution in [1.82, 2.24) is 15.4 Å². The zero-order chi connectivity index (χ0) is 11.9. The maximum Gasteiger partial charge on any atom is 0.0969 e. The van der Waals surface area contributed by atoms with E-state index in [4.69, 9.17) is 0 Å². The molecule has 3 nitrogen and oxygen atoms in total. The van der Waals surface area contributed by atoms with Gasteiger partial charge in [-0.25, -0.2) is 0 Å². The average molecular weight is 231 g/mol. The first-order valence-corrected chi connectivity index (χ1v) is 5.82. The van der Waals surface area contributed by atoms with E-state index in [1.165, 1.54) is 21.5 Å². The Bertz CT molecular complexity index is 809. The molecule has 0 saturated carbocycles. The first-order valence-electron chi connectivity index (χ1n) is 5.82. The highest BCUT2D eigenvalue weighted by molar-refractivity contribution is 6.16. The normalized spacial score (nSPS) is 11.3. The molecule has 0 bridgehead atoms. The Labute approximate surface area is 103 Å². The molecule has 0 aliphatic rings. The lowest BCUT2D eigenvalue weighted by atomic mass is 10.00. The summed E-state index contributed by atoms with van der Waals surface area (Å²) in [7, 11) is 0. The van der Waals surface area contributed by atoms with Crippen molar-refractivity contribution in [3.8, 4) is 0 Å². The first-order chi connectivity index (χ1) is 8.93. The van der Waals surface area contributed by atoms with Crippen LogP contribution >= 0.6 is 0 Å². The highest BCUT2D eigenvalue weighted by Gasteiger charge is 2.04. The average Bonchev–Trinajstić information content (AvgIpc) is 2.46. The van der Waals surface area contributed by atoms with Gasteiger partial charge in [-0.1, -0.05) is 42.5 Å². The van der Waals surface area contributed by atoms with Gasteiger partial charge in [0.25, 0.3) is 0 Å². The van der Waals surface area contributed by atoms with E-state index in [9.17, 15) is 0 Å². The summed E-state index contributed by atoms with van der Waals surface area (Å²) < 4.78 is 0. The van der Waals surface area contributed by atoms with Gasteiger partial charge in [0.15, 0.2) is 0 Å². The fraction of sp³-hybridized carbons (Fsp3) is 0.